The van der Waals surface area contributed by atoms with Gasteiger partial charge in [-0.25, -0.2) is 4.98 Å². The molecule has 4 rings (SSSR count). The van der Waals surface area contributed by atoms with E-state index in [9.17, 15) is 14.7 Å². The number of amides is 1. The summed E-state index contributed by atoms with van der Waals surface area (Å²) in [6.45, 7) is 6.19. The third-order valence-electron chi connectivity index (χ3n) is 5.18. The number of anilines is 1. The van der Waals surface area contributed by atoms with Gasteiger partial charge in [0.15, 0.2) is 0 Å². The lowest BCUT2D eigenvalue weighted by molar-refractivity contribution is 0.102. The number of nitrogens with zero attached hydrogens (tertiary/aromatic N) is 2. The van der Waals surface area contributed by atoms with Crippen LogP contribution in [0, 0.1) is 0 Å². The third kappa shape index (κ3) is 4.05. The van der Waals surface area contributed by atoms with Gasteiger partial charge in [0, 0.05) is 5.56 Å². The van der Waals surface area contributed by atoms with Gasteiger partial charge in [0.2, 0.25) is 0 Å². The Bertz CT molecular complexity index is 1330. The summed E-state index contributed by atoms with van der Waals surface area (Å²) >= 11 is 0. The highest BCUT2D eigenvalue weighted by Gasteiger charge is 2.17. The Labute approximate surface area is 179 Å². The van der Waals surface area contributed by atoms with Gasteiger partial charge in [-0.1, -0.05) is 39.0 Å². The maximum atomic E-state index is 12.8. The van der Waals surface area contributed by atoms with Gasteiger partial charge in [0.05, 0.1) is 22.3 Å². The van der Waals surface area contributed by atoms with E-state index >= 15 is 0 Å². The fourth-order valence-electron chi connectivity index (χ4n) is 3.32. The van der Waals surface area contributed by atoms with Gasteiger partial charge >= 0.3 is 0 Å². The van der Waals surface area contributed by atoms with Crippen molar-refractivity contribution in [2.24, 2.45) is 0 Å². The van der Waals surface area contributed by atoms with Crippen LogP contribution in [0.4, 0.5) is 5.69 Å². The molecule has 0 fully saturated rings. The molecule has 3 aromatic carbocycles. The van der Waals surface area contributed by atoms with Crippen molar-refractivity contribution in [2.45, 2.75) is 26.2 Å². The first-order valence-electron chi connectivity index (χ1n) is 9.96. The van der Waals surface area contributed by atoms with E-state index in [-0.39, 0.29) is 22.6 Å². The Balaban J connectivity index is 1.60. The lowest BCUT2D eigenvalue weighted by Crippen LogP contribution is -2.19. The minimum atomic E-state index is -0.350. The average molecular weight is 413 g/mol. The molecule has 0 saturated heterocycles. The summed E-state index contributed by atoms with van der Waals surface area (Å²) in [5, 5.41) is 13.4. The quantitative estimate of drug-likeness (QED) is 0.479. The van der Waals surface area contributed by atoms with Crippen molar-refractivity contribution < 1.29 is 9.90 Å². The van der Waals surface area contributed by atoms with Crippen molar-refractivity contribution in [1.29, 1.82) is 0 Å². The van der Waals surface area contributed by atoms with Gasteiger partial charge < -0.3 is 10.4 Å². The molecule has 0 aliphatic heterocycles. The Morgan fingerprint density at radius 2 is 1.71 bits per heavy atom. The molecule has 0 bridgehead atoms. The summed E-state index contributed by atoms with van der Waals surface area (Å²) in [7, 11) is 0. The topological polar surface area (TPSA) is 84.2 Å². The number of carbonyl (C=O) groups is 1. The van der Waals surface area contributed by atoms with E-state index in [0.717, 1.165) is 5.56 Å². The van der Waals surface area contributed by atoms with Gasteiger partial charge in [-0.15, -0.1) is 0 Å². The van der Waals surface area contributed by atoms with E-state index in [4.69, 9.17) is 0 Å². The van der Waals surface area contributed by atoms with Crippen LogP contribution < -0.4 is 10.9 Å². The van der Waals surface area contributed by atoms with E-state index in [0.29, 0.717) is 27.8 Å². The fourth-order valence-corrected chi connectivity index (χ4v) is 3.32. The molecule has 1 heterocycles. The predicted octanol–water partition coefficient (Wildman–Crippen LogP) is 4.64. The second kappa shape index (κ2) is 7.72. The number of aromatic hydroxyl groups is 1. The number of phenolic OH excluding ortho intramolecular Hbond substituents is 1. The van der Waals surface area contributed by atoms with Gasteiger partial charge in [0.1, 0.15) is 12.1 Å². The summed E-state index contributed by atoms with van der Waals surface area (Å²) in [5.41, 5.74) is 2.72. The van der Waals surface area contributed by atoms with Gasteiger partial charge in [-0.3, -0.25) is 14.2 Å². The Kier molecular flexibility index (Phi) is 5.07. The molecule has 6 heteroatoms. The first-order chi connectivity index (χ1) is 14.7. The zero-order valence-corrected chi connectivity index (χ0v) is 17.6. The summed E-state index contributed by atoms with van der Waals surface area (Å²) in [6.07, 6.45) is 1.48. The van der Waals surface area contributed by atoms with E-state index in [2.05, 4.69) is 31.1 Å². The number of aromatic nitrogens is 2. The lowest BCUT2D eigenvalue weighted by atomic mass is 9.87. The standard InChI is InChI=1S/C25H23N3O3/c1-25(2,3)17-10-13-22(29)21(14-17)27-23(30)16-8-11-18(12-9-16)28-15-26-20-7-5-4-6-19(20)24(28)31/h4-15,29H,1-3H3,(H,27,30). The van der Waals surface area contributed by atoms with Crippen LogP contribution in [0.3, 0.4) is 0 Å². The van der Waals surface area contributed by atoms with Gasteiger partial charge in [0.25, 0.3) is 11.5 Å². The molecule has 4 aromatic rings. The number of rotatable bonds is 3. The minimum Gasteiger partial charge on any atom is -0.506 e. The molecule has 6 nitrogen and oxygen atoms in total. The average Bonchev–Trinajstić information content (AvgIpc) is 2.75. The normalized spacial score (nSPS) is 11.5. The first kappa shape index (κ1) is 20.3. The summed E-state index contributed by atoms with van der Waals surface area (Å²) in [5.74, 6) is -0.344. The first-order valence-corrected chi connectivity index (χ1v) is 9.96. The van der Waals surface area contributed by atoms with Crippen molar-refractivity contribution in [3.63, 3.8) is 0 Å². The van der Waals surface area contributed by atoms with Crippen molar-refractivity contribution in [2.75, 3.05) is 5.32 Å². The monoisotopic (exact) mass is 413 g/mol. The van der Waals surface area contributed by atoms with Gasteiger partial charge in [-0.2, -0.15) is 0 Å². The van der Waals surface area contributed by atoms with Crippen LogP contribution in [-0.4, -0.2) is 20.6 Å². The second-order valence-electron chi connectivity index (χ2n) is 8.42. The number of carbonyl (C=O) groups excluding carboxylic acids is 1. The Morgan fingerprint density at radius 1 is 1.00 bits per heavy atom. The highest BCUT2D eigenvalue weighted by atomic mass is 16.3. The molecule has 1 aromatic heterocycles. The minimum absolute atomic E-state index is 0.00626. The molecular weight excluding hydrogens is 390 g/mol. The molecule has 31 heavy (non-hydrogen) atoms. The molecular formula is C25H23N3O3. The smallest absolute Gasteiger partial charge is 0.265 e. The Hall–Kier alpha value is -3.93. The van der Waals surface area contributed by atoms with Crippen molar-refractivity contribution >= 4 is 22.5 Å². The fraction of sp³-hybridized carbons (Fsp3) is 0.160. The van der Waals surface area contributed by atoms with Gasteiger partial charge in [-0.05, 0) is 59.5 Å². The zero-order valence-electron chi connectivity index (χ0n) is 17.6. The second-order valence-corrected chi connectivity index (χ2v) is 8.42. The van der Waals surface area contributed by atoms with Crippen LogP contribution in [0.25, 0.3) is 16.6 Å². The number of phenols is 1. The molecule has 156 valence electrons. The van der Waals surface area contributed by atoms with E-state index in [1.54, 1.807) is 54.6 Å². The van der Waals surface area contributed by atoms with Crippen LogP contribution in [0.15, 0.2) is 77.9 Å². The SMILES string of the molecule is CC(C)(C)c1ccc(O)c(NC(=O)c2ccc(-n3cnc4ccccc4c3=O)cc2)c1. The van der Waals surface area contributed by atoms with Crippen molar-refractivity contribution in [3.05, 3.63) is 94.5 Å². The van der Waals surface area contributed by atoms with Crippen LogP contribution in [0.5, 0.6) is 5.75 Å². The molecule has 0 atom stereocenters. The zero-order chi connectivity index (χ0) is 22.2. The van der Waals surface area contributed by atoms with E-state index < -0.39 is 0 Å². The molecule has 2 N–H and O–H groups in total. The maximum absolute atomic E-state index is 12.8. The number of fused-ring (bicyclic) bond motifs is 1. The van der Waals surface area contributed by atoms with E-state index in [1.165, 1.54) is 10.9 Å². The third-order valence-corrected chi connectivity index (χ3v) is 5.18. The largest absolute Gasteiger partial charge is 0.506 e. The van der Waals surface area contributed by atoms with Crippen LogP contribution in [0.1, 0.15) is 36.7 Å². The number of benzene rings is 3. The summed E-state index contributed by atoms with van der Waals surface area (Å²) in [4.78, 5) is 29.8. The Morgan fingerprint density at radius 3 is 2.42 bits per heavy atom. The van der Waals surface area contributed by atoms with Crippen LogP contribution >= 0.6 is 0 Å². The number of para-hydroxylation sites is 1. The molecule has 1 amide bonds. The molecule has 0 radical (unpaired) electrons. The maximum Gasteiger partial charge on any atom is 0.265 e. The summed E-state index contributed by atoms with van der Waals surface area (Å²) < 4.78 is 1.45. The molecule has 0 unspecified atom stereocenters. The lowest BCUT2D eigenvalue weighted by Gasteiger charge is -2.20. The number of hydrogen-bond donors (Lipinski definition) is 2. The highest BCUT2D eigenvalue weighted by molar-refractivity contribution is 6.05. The van der Waals surface area contributed by atoms with Crippen molar-refractivity contribution in [3.8, 4) is 11.4 Å². The van der Waals surface area contributed by atoms with Crippen LogP contribution in [0.2, 0.25) is 0 Å². The molecule has 0 saturated carbocycles. The molecule has 0 aliphatic rings. The van der Waals surface area contributed by atoms with E-state index in [1.807, 2.05) is 12.1 Å². The number of hydrogen-bond acceptors (Lipinski definition) is 4. The predicted molar refractivity (Wildman–Crippen MR) is 122 cm³/mol. The molecule has 0 spiro atoms. The molecule has 0 aliphatic carbocycles. The van der Waals surface area contributed by atoms with Crippen molar-refractivity contribution in [1.82, 2.24) is 9.55 Å². The highest BCUT2D eigenvalue weighted by Crippen LogP contribution is 2.31. The summed E-state index contributed by atoms with van der Waals surface area (Å²) in [6, 6.07) is 19.0. The van der Waals surface area contributed by atoms with Crippen LogP contribution in [-0.2, 0) is 5.41 Å². The number of nitrogens with one attached hydrogen (secondary N) is 1.